The van der Waals surface area contributed by atoms with Gasteiger partial charge in [-0.1, -0.05) is 62.2 Å². The molecule has 1 aromatic heterocycles. The van der Waals surface area contributed by atoms with Crippen LogP contribution in [0, 0.1) is 11.6 Å². The molecule has 0 aliphatic heterocycles. The van der Waals surface area contributed by atoms with Gasteiger partial charge in [0.05, 0.1) is 16.9 Å². The van der Waals surface area contributed by atoms with Crippen molar-refractivity contribution in [1.29, 1.82) is 0 Å². The molecule has 0 spiro atoms. The first-order valence-corrected chi connectivity index (χ1v) is 12.2. The van der Waals surface area contributed by atoms with Crippen LogP contribution >= 0.6 is 0 Å². The Morgan fingerprint density at radius 1 is 0.919 bits per heavy atom. The zero-order valence-corrected chi connectivity index (χ0v) is 20.5. The fourth-order valence-corrected chi connectivity index (χ4v) is 3.97. The van der Waals surface area contributed by atoms with Crippen LogP contribution in [-0.2, 0) is 4.79 Å². The summed E-state index contributed by atoms with van der Waals surface area (Å²) in [6.45, 7) is 2.10. The lowest BCUT2D eigenvalue weighted by molar-refractivity contribution is -0.117. The summed E-state index contributed by atoms with van der Waals surface area (Å²) in [7, 11) is 0. The lowest BCUT2D eigenvalue weighted by Gasteiger charge is -2.22. The van der Waals surface area contributed by atoms with E-state index in [0.717, 1.165) is 18.4 Å². The summed E-state index contributed by atoms with van der Waals surface area (Å²) in [4.78, 5) is 27.6. The fraction of sp³-hybridized carbons (Fsp3) is 0.207. The molecule has 1 N–H and O–H groups in total. The summed E-state index contributed by atoms with van der Waals surface area (Å²) >= 11 is 0. The summed E-state index contributed by atoms with van der Waals surface area (Å²) < 4.78 is 29.4. The molecular weight excluding hydrogens is 474 g/mol. The standard InChI is InChI=1S/C29H28F2N4O2/c1-2-3-9-18-34(29(37)24-12-7-8-13-25(24)31)20-28(36)32-27-19-26(21-10-5-4-6-11-21)33-35(27)23-16-14-22(30)15-17-23/h4-8,10-17,19H,2-3,9,18,20H2,1H3,(H,32,36). The first-order chi connectivity index (χ1) is 18.0. The van der Waals surface area contributed by atoms with E-state index in [1.807, 2.05) is 37.3 Å². The van der Waals surface area contributed by atoms with Crippen LogP contribution in [0.2, 0.25) is 0 Å². The maximum atomic E-state index is 14.3. The van der Waals surface area contributed by atoms with Gasteiger partial charge < -0.3 is 10.2 Å². The number of hydrogen-bond acceptors (Lipinski definition) is 3. The number of benzene rings is 3. The molecule has 190 valence electrons. The van der Waals surface area contributed by atoms with Crippen molar-refractivity contribution < 1.29 is 18.4 Å². The second-order valence-corrected chi connectivity index (χ2v) is 8.63. The molecule has 0 atom stereocenters. The molecule has 0 bridgehead atoms. The normalized spacial score (nSPS) is 10.8. The van der Waals surface area contributed by atoms with Gasteiger partial charge in [-0.05, 0) is 42.8 Å². The molecule has 0 saturated heterocycles. The summed E-state index contributed by atoms with van der Waals surface area (Å²) in [5.41, 5.74) is 1.94. The third-order valence-corrected chi connectivity index (χ3v) is 5.88. The molecule has 0 unspecified atom stereocenters. The zero-order chi connectivity index (χ0) is 26.2. The third-order valence-electron chi connectivity index (χ3n) is 5.88. The van der Waals surface area contributed by atoms with E-state index in [-0.39, 0.29) is 17.9 Å². The fourth-order valence-electron chi connectivity index (χ4n) is 3.97. The maximum Gasteiger partial charge on any atom is 0.257 e. The maximum absolute atomic E-state index is 14.3. The number of carbonyl (C=O) groups is 2. The Labute approximate surface area is 214 Å². The third kappa shape index (κ3) is 6.46. The molecule has 8 heteroatoms. The zero-order valence-electron chi connectivity index (χ0n) is 20.5. The van der Waals surface area contributed by atoms with Crippen molar-refractivity contribution in [1.82, 2.24) is 14.7 Å². The number of halogens is 2. The Bertz CT molecular complexity index is 1350. The number of hydrogen-bond donors (Lipinski definition) is 1. The summed E-state index contributed by atoms with van der Waals surface area (Å²) in [6.07, 6.45) is 2.50. The Balaban J connectivity index is 1.60. The van der Waals surface area contributed by atoms with Gasteiger partial charge in [0.25, 0.3) is 5.91 Å². The number of aromatic nitrogens is 2. The molecule has 0 fully saturated rings. The van der Waals surface area contributed by atoms with Gasteiger partial charge in [-0.3, -0.25) is 9.59 Å². The predicted octanol–water partition coefficient (Wildman–Crippen LogP) is 6.09. The van der Waals surface area contributed by atoms with Gasteiger partial charge in [-0.2, -0.15) is 5.10 Å². The lowest BCUT2D eigenvalue weighted by atomic mass is 10.1. The van der Waals surface area contributed by atoms with Crippen molar-refractivity contribution in [2.75, 3.05) is 18.4 Å². The topological polar surface area (TPSA) is 67.2 Å². The molecule has 6 nitrogen and oxygen atoms in total. The molecule has 4 aromatic rings. The average Bonchev–Trinajstić information content (AvgIpc) is 3.32. The Hall–Kier alpha value is -4.33. The number of amides is 2. The summed E-state index contributed by atoms with van der Waals surface area (Å²) in [6, 6.07) is 22.7. The van der Waals surface area contributed by atoms with Crippen molar-refractivity contribution in [3.8, 4) is 16.9 Å². The van der Waals surface area contributed by atoms with Crippen LogP contribution in [0.1, 0.15) is 36.5 Å². The van der Waals surface area contributed by atoms with Crippen molar-refractivity contribution >= 4 is 17.6 Å². The predicted molar refractivity (Wildman–Crippen MR) is 139 cm³/mol. The van der Waals surface area contributed by atoms with Gasteiger partial charge in [-0.15, -0.1) is 0 Å². The Morgan fingerprint density at radius 3 is 2.32 bits per heavy atom. The van der Waals surface area contributed by atoms with Crippen molar-refractivity contribution in [2.24, 2.45) is 0 Å². The first-order valence-electron chi connectivity index (χ1n) is 12.2. The number of nitrogens with one attached hydrogen (secondary N) is 1. The van der Waals surface area contributed by atoms with Crippen molar-refractivity contribution in [2.45, 2.75) is 26.2 Å². The first kappa shape index (κ1) is 25.8. The molecule has 0 radical (unpaired) electrons. The van der Waals surface area contributed by atoms with E-state index in [1.165, 1.54) is 39.9 Å². The van der Waals surface area contributed by atoms with E-state index < -0.39 is 17.6 Å². The molecule has 37 heavy (non-hydrogen) atoms. The molecule has 4 rings (SSSR count). The van der Waals surface area contributed by atoms with Gasteiger partial charge in [0.15, 0.2) is 0 Å². The van der Waals surface area contributed by atoms with Crippen LogP contribution < -0.4 is 5.32 Å². The SMILES string of the molecule is CCCCCN(CC(=O)Nc1cc(-c2ccccc2)nn1-c1ccc(F)cc1)C(=O)c1ccccc1F. The van der Waals surface area contributed by atoms with Crippen LogP contribution in [0.25, 0.3) is 16.9 Å². The molecule has 0 aliphatic carbocycles. The second kappa shape index (κ2) is 12.1. The van der Waals surface area contributed by atoms with Crippen LogP contribution in [0.4, 0.5) is 14.6 Å². The minimum Gasteiger partial charge on any atom is -0.329 e. The van der Waals surface area contributed by atoms with E-state index in [9.17, 15) is 18.4 Å². The molecule has 0 saturated carbocycles. The number of rotatable bonds is 10. The van der Waals surface area contributed by atoms with E-state index >= 15 is 0 Å². The molecule has 0 aliphatic rings. The van der Waals surface area contributed by atoms with Gasteiger partial charge in [0, 0.05) is 18.2 Å². The monoisotopic (exact) mass is 502 g/mol. The van der Waals surface area contributed by atoms with E-state index in [1.54, 1.807) is 24.3 Å². The number of nitrogens with zero attached hydrogens (tertiary/aromatic N) is 3. The molecular formula is C29H28F2N4O2. The minimum atomic E-state index is -0.629. The van der Waals surface area contributed by atoms with Crippen LogP contribution in [0.15, 0.2) is 84.9 Å². The van der Waals surface area contributed by atoms with Crippen molar-refractivity contribution in [3.63, 3.8) is 0 Å². The Morgan fingerprint density at radius 2 is 1.62 bits per heavy atom. The average molecular weight is 503 g/mol. The molecule has 2 amide bonds. The van der Waals surface area contributed by atoms with Gasteiger partial charge in [0.1, 0.15) is 24.0 Å². The van der Waals surface area contributed by atoms with Crippen LogP contribution in [-0.4, -0.2) is 39.6 Å². The summed E-state index contributed by atoms with van der Waals surface area (Å²) in [5.74, 6) is -1.65. The van der Waals surface area contributed by atoms with Gasteiger partial charge in [0.2, 0.25) is 5.91 Å². The summed E-state index contributed by atoms with van der Waals surface area (Å²) in [5, 5.41) is 7.45. The highest BCUT2D eigenvalue weighted by molar-refractivity contribution is 5.99. The quantitative estimate of drug-likeness (QED) is 0.267. The van der Waals surface area contributed by atoms with E-state index in [0.29, 0.717) is 30.2 Å². The number of unbranched alkanes of at least 4 members (excludes halogenated alkanes) is 2. The Kier molecular flexibility index (Phi) is 8.40. The highest BCUT2D eigenvalue weighted by Crippen LogP contribution is 2.25. The molecule has 1 heterocycles. The van der Waals surface area contributed by atoms with Gasteiger partial charge in [-0.25, -0.2) is 13.5 Å². The van der Waals surface area contributed by atoms with Crippen LogP contribution in [0.5, 0.6) is 0 Å². The second-order valence-electron chi connectivity index (χ2n) is 8.63. The number of anilines is 1. The minimum absolute atomic E-state index is 0.0745. The highest BCUT2D eigenvalue weighted by Gasteiger charge is 2.22. The lowest BCUT2D eigenvalue weighted by Crippen LogP contribution is -2.39. The van der Waals surface area contributed by atoms with Gasteiger partial charge >= 0.3 is 0 Å². The van der Waals surface area contributed by atoms with Crippen LogP contribution in [0.3, 0.4) is 0 Å². The number of carbonyl (C=O) groups excluding carboxylic acids is 2. The highest BCUT2D eigenvalue weighted by atomic mass is 19.1. The molecule has 3 aromatic carbocycles. The van der Waals surface area contributed by atoms with Crippen molar-refractivity contribution in [3.05, 3.63) is 102 Å². The largest absolute Gasteiger partial charge is 0.329 e. The van der Waals surface area contributed by atoms with E-state index in [4.69, 9.17) is 0 Å². The van der Waals surface area contributed by atoms with E-state index in [2.05, 4.69) is 10.4 Å². The smallest absolute Gasteiger partial charge is 0.257 e.